The summed E-state index contributed by atoms with van der Waals surface area (Å²) in [6.07, 6.45) is 4.91. The van der Waals surface area contributed by atoms with Gasteiger partial charge >= 0.3 is 0 Å². The topological polar surface area (TPSA) is 83.6 Å². The summed E-state index contributed by atoms with van der Waals surface area (Å²) >= 11 is 1.41. The van der Waals surface area contributed by atoms with E-state index in [1.54, 1.807) is 6.33 Å². The number of rotatable bonds is 7. The molecule has 0 bridgehead atoms. The Kier molecular flexibility index (Phi) is 5.65. The molecule has 7 heteroatoms. The van der Waals surface area contributed by atoms with Crippen molar-refractivity contribution in [3.63, 3.8) is 0 Å². The number of imidazole rings is 1. The zero-order valence-electron chi connectivity index (χ0n) is 14.3. The van der Waals surface area contributed by atoms with Crippen molar-refractivity contribution in [3.05, 3.63) is 48.5 Å². The van der Waals surface area contributed by atoms with Gasteiger partial charge in [-0.25, -0.2) is 15.0 Å². The number of fused-ring (bicyclic) bond motifs is 1. The number of hydrogen-bond acceptors (Lipinski definition) is 5. The van der Waals surface area contributed by atoms with Crippen LogP contribution in [0.15, 0.2) is 48.0 Å². The molecule has 2 aromatic heterocycles. The molecule has 0 saturated carbocycles. The lowest BCUT2D eigenvalue weighted by Crippen LogP contribution is -2.37. The molecule has 25 heavy (non-hydrogen) atoms. The van der Waals surface area contributed by atoms with Crippen LogP contribution in [0.2, 0.25) is 0 Å². The van der Waals surface area contributed by atoms with Gasteiger partial charge in [-0.1, -0.05) is 42.1 Å². The molecular weight excluding hydrogens is 334 g/mol. The van der Waals surface area contributed by atoms with Crippen molar-refractivity contribution in [1.29, 1.82) is 0 Å². The van der Waals surface area contributed by atoms with Crippen LogP contribution in [0.3, 0.4) is 0 Å². The maximum atomic E-state index is 12.4. The highest BCUT2D eigenvalue weighted by atomic mass is 32.2. The van der Waals surface area contributed by atoms with Gasteiger partial charge in [0.2, 0.25) is 5.91 Å². The Bertz CT molecular complexity index is 836. The molecule has 0 aliphatic rings. The lowest BCUT2D eigenvalue weighted by Gasteiger charge is -2.17. The fourth-order valence-electron chi connectivity index (χ4n) is 2.51. The first-order valence-electron chi connectivity index (χ1n) is 8.28. The number of aryl methyl sites for hydroxylation is 1. The second-order valence-corrected chi connectivity index (χ2v) is 7.30. The standard InChI is InChI=1S/C18H21N5OS/c1-12(8-9-14-6-4-3-5-7-14)23-17(24)13(2)25-18-15-16(20-10-19-15)21-11-22-18/h3-7,10-13H,8-9H2,1-2H3,(H,23,24)(H,19,20,21,22)/t12-,13+/m1/s1. The third-order valence-corrected chi connectivity index (χ3v) is 5.04. The van der Waals surface area contributed by atoms with Gasteiger partial charge in [0.25, 0.3) is 0 Å². The van der Waals surface area contributed by atoms with Crippen LogP contribution in [0, 0.1) is 0 Å². The van der Waals surface area contributed by atoms with Gasteiger partial charge in [0, 0.05) is 6.04 Å². The third-order valence-electron chi connectivity index (χ3n) is 3.94. The summed E-state index contributed by atoms with van der Waals surface area (Å²) in [5.74, 6) is 0.0110. The number of hydrogen-bond donors (Lipinski definition) is 2. The fourth-order valence-corrected chi connectivity index (χ4v) is 3.40. The van der Waals surface area contributed by atoms with Crippen LogP contribution in [0.25, 0.3) is 11.2 Å². The van der Waals surface area contributed by atoms with Gasteiger partial charge in [-0.15, -0.1) is 0 Å². The smallest absolute Gasteiger partial charge is 0.233 e. The highest BCUT2D eigenvalue weighted by Crippen LogP contribution is 2.26. The molecule has 3 rings (SSSR count). The number of aromatic amines is 1. The SMILES string of the molecule is C[C@H](CCc1ccccc1)NC(=O)[C@H](C)Sc1ncnc2nc[nH]c12. The second-order valence-electron chi connectivity index (χ2n) is 5.97. The fraction of sp³-hybridized carbons (Fsp3) is 0.333. The summed E-state index contributed by atoms with van der Waals surface area (Å²) in [5.41, 5.74) is 2.67. The first-order valence-corrected chi connectivity index (χ1v) is 9.16. The van der Waals surface area contributed by atoms with Gasteiger partial charge < -0.3 is 10.3 Å². The molecule has 0 unspecified atom stereocenters. The van der Waals surface area contributed by atoms with Gasteiger partial charge in [-0.3, -0.25) is 4.79 Å². The van der Waals surface area contributed by atoms with Gasteiger partial charge in [-0.05, 0) is 32.3 Å². The molecule has 0 spiro atoms. The van der Waals surface area contributed by atoms with E-state index in [1.807, 2.05) is 32.0 Å². The largest absolute Gasteiger partial charge is 0.353 e. The molecule has 0 radical (unpaired) electrons. The second kappa shape index (κ2) is 8.11. The summed E-state index contributed by atoms with van der Waals surface area (Å²) in [6.45, 7) is 3.92. The van der Waals surface area contributed by atoms with Crippen molar-refractivity contribution in [2.24, 2.45) is 0 Å². The quantitative estimate of drug-likeness (QED) is 0.503. The van der Waals surface area contributed by atoms with E-state index >= 15 is 0 Å². The Morgan fingerprint density at radius 2 is 2.00 bits per heavy atom. The number of aromatic nitrogens is 4. The molecule has 3 aromatic rings. The van der Waals surface area contributed by atoms with Crippen LogP contribution in [0.5, 0.6) is 0 Å². The highest BCUT2D eigenvalue weighted by molar-refractivity contribution is 8.00. The molecule has 2 atom stereocenters. The molecule has 130 valence electrons. The zero-order valence-corrected chi connectivity index (χ0v) is 15.1. The summed E-state index contributed by atoms with van der Waals surface area (Å²) < 4.78 is 0. The van der Waals surface area contributed by atoms with Gasteiger partial charge in [0.1, 0.15) is 16.9 Å². The minimum Gasteiger partial charge on any atom is -0.353 e. The number of benzene rings is 1. The van der Waals surface area contributed by atoms with E-state index < -0.39 is 0 Å². The minimum atomic E-state index is -0.249. The highest BCUT2D eigenvalue weighted by Gasteiger charge is 2.19. The average Bonchev–Trinajstić information content (AvgIpc) is 3.10. The number of thioether (sulfide) groups is 1. The zero-order chi connectivity index (χ0) is 17.6. The summed E-state index contributed by atoms with van der Waals surface area (Å²) in [7, 11) is 0. The Hall–Kier alpha value is -2.41. The molecule has 1 amide bonds. The molecule has 1 aromatic carbocycles. The predicted molar refractivity (Wildman–Crippen MR) is 99.4 cm³/mol. The van der Waals surface area contributed by atoms with Crippen LogP contribution in [0.1, 0.15) is 25.8 Å². The lowest BCUT2D eigenvalue weighted by atomic mass is 10.1. The Labute approximate surface area is 150 Å². The lowest BCUT2D eigenvalue weighted by molar-refractivity contribution is -0.120. The summed E-state index contributed by atoms with van der Waals surface area (Å²) in [4.78, 5) is 27.9. The molecule has 2 heterocycles. The van der Waals surface area contributed by atoms with Crippen molar-refractivity contribution < 1.29 is 4.79 Å². The van der Waals surface area contributed by atoms with Crippen molar-refractivity contribution in [2.45, 2.75) is 43.0 Å². The first-order chi connectivity index (χ1) is 12.1. The van der Waals surface area contributed by atoms with Crippen LogP contribution in [0.4, 0.5) is 0 Å². The Balaban J connectivity index is 1.52. The Morgan fingerprint density at radius 1 is 1.20 bits per heavy atom. The first kappa shape index (κ1) is 17.4. The van der Waals surface area contributed by atoms with E-state index in [4.69, 9.17) is 0 Å². The molecule has 0 aliphatic carbocycles. The van der Waals surface area contributed by atoms with E-state index in [9.17, 15) is 4.79 Å². The summed E-state index contributed by atoms with van der Waals surface area (Å²) in [6, 6.07) is 10.4. The van der Waals surface area contributed by atoms with Crippen LogP contribution >= 0.6 is 11.8 Å². The van der Waals surface area contributed by atoms with Crippen molar-refractivity contribution >= 4 is 28.8 Å². The number of carbonyl (C=O) groups is 1. The van der Waals surface area contributed by atoms with E-state index in [1.165, 1.54) is 23.7 Å². The summed E-state index contributed by atoms with van der Waals surface area (Å²) in [5, 5.41) is 3.57. The molecule has 2 N–H and O–H groups in total. The molecule has 0 aliphatic heterocycles. The number of H-pyrrole nitrogens is 1. The van der Waals surface area contributed by atoms with Gasteiger partial charge in [0.15, 0.2) is 5.65 Å². The monoisotopic (exact) mass is 355 g/mol. The number of nitrogens with zero attached hydrogens (tertiary/aromatic N) is 3. The van der Waals surface area contributed by atoms with E-state index in [0.29, 0.717) is 5.65 Å². The average molecular weight is 355 g/mol. The third kappa shape index (κ3) is 4.57. The van der Waals surface area contributed by atoms with Crippen molar-refractivity contribution in [2.75, 3.05) is 0 Å². The predicted octanol–water partition coefficient (Wildman–Crippen LogP) is 2.97. The Morgan fingerprint density at radius 3 is 2.80 bits per heavy atom. The van der Waals surface area contributed by atoms with Crippen LogP contribution in [-0.4, -0.2) is 37.1 Å². The molecule has 0 fully saturated rings. The normalized spacial score (nSPS) is 13.5. The van der Waals surface area contributed by atoms with Crippen molar-refractivity contribution in [1.82, 2.24) is 25.3 Å². The molecular formula is C18H21N5OS. The maximum absolute atomic E-state index is 12.4. The van der Waals surface area contributed by atoms with Crippen LogP contribution in [-0.2, 0) is 11.2 Å². The van der Waals surface area contributed by atoms with E-state index in [0.717, 1.165) is 23.4 Å². The number of nitrogens with one attached hydrogen (secondary N) is 2. The number of amides is 1. The van der Waals surface area contributed by atoms with E-state index in [-0.39, 0.29) is 17.2 Å². The number of carbonyl (C=O) groups excluding carboxylic acids is 1. The van der Waals surface area contributed by atoms with Crippen molar-refractivity contribution in [3.8, 4) is 0 Å². The van der Waals surface area contributed by atoms with Gasteiger partial charge in [-0.2, -0.15) is 0 Å². The van der Waals surface area contributed by atoms with E-state index in [2.05, 4.69) is 37.4 Å². The minimum absolute atomic E-state index is 0.0110. The van der Waals surface area contributed by atoms with Gasteiger partial charge in [0.05, 0.1) is 11.6 Å². The van der Waals surface area contributed by atoms with Crippen LogP contribution < -0.4 is 5.32 Å². The molecule has 0 saturated heterocycles. The maximum Gasteiger partial charge on any atom is 0.233 e. The molecule has 6 nitrogen and oxygen atoms in total.